The lowest BCUT2D eigenvalue weighted by molar-refractivity contribution is 0.489. The SMILES string of the molecule is CCC(C)CCNCc1cccs1. The zero-order valence-corrected chi connectivity index (χ0v) is 9.36. The minimum Gasteiger partial charge on any atom is -0.312 e. The van der Waals surface area contributed by atoms with Gasteiger partial charge in [-0.2, -0.15) is 0 Å². The first-order valence-electron chi connectivity index (χ1n) is 5.06. The van der Waals surface area contributed by atoms with E-state index >= 15 is 0 Å². The first-order valence-corrected chi connectivity index (χ1v) is 5.94. The monoisotopic (exact) mass is 197 g/mol. The molecule has 0 amide bonds. The van der Waals surface area contributed by atoms with Gasteiger partial charge >= 0.3 is 0 Å². The lowest BCUT2D eigenvalue weighted by Crippen LogP contribution is -2.16. The lowest BCUT2D eigenvalue weighted by atomic mass is 10.1. The first-order chi connectivity index (χ1) is 6.33. The van der Waals surface area contributed by atoms with Crippen molar-refractivity contribution in [1.82, 2.24) is 5.32 Å². The van der Waals surface area contributed by atoms with E-state index in [-0.39, 0.29) is 0 Å². The van der Waals surface area contributed by atoms with Crippen LogP contribution in [0.5, 0.6) is 0 Å². The Morgan fingerprint density at radius 1 is 1.54 bits per heavy atom. The molecule has 2 heteroatoms. The second-order valence-corrected chi connectivity index (χ2v) is 4.59. The maximum Gasteiger partial charge on any atom is 0.0299 e. The highest BCUT2D eigenvalue weighted by Crippen LogP contribution is 2.08. The molecule has 13 heavy (non-hydrogen) atoms. The average Bonchev–Trinajstić information content (AvgIpc) is 2.64. The van der Waals surface area contributed by atoms with Crippen LogP contribution in [0.3, 0.4) is 0 Å². The van der Waals surface area contributed by atoms with Gasteiger partial charge in [-0.1, -0.05) is 26.3 Å². The van der Waals surface area contributed by atoms with E-state index in [0.717, 1.165) is 19.0 Å². The maximum absolute atomic E-state index is 3.46. The lowest BCUT2D eigenvalue weighted by Gasteiger charge is -2.08. The predicted octanol–water partition coefficient (Wildman–Crippen LogP) is 3.27. The van der Waals surface area contributed by atoms with Crippen LogP contribution in [0.1, 0.15) is 31.6 Å². The van der Waals surface area contributed by atoms with Crippen LogP contribution >= 0.6 is 11.3 Å². The van der Waals surface area contributed by atoms with E-state index in [9.17, 15) is 0 Å². The summed E-state index contributed by atoms with van der Waals surface area (Å²) < 4.78 is 0. The van der Waals surface area contributed by atoms with Gasteiger partial charge in [0, 0.05) is 11.4 Å². The third kappa shape index (κ3) is 4.44. The molecule has 1 aromatic rings. The van der Waals surface area contributed by atoms with Crippen molar-refractivity contribution in [2.24, 2.45) is 5.92 Å². The van der Waals surface area contributed by atoms with Crippen molar-refractivity contribution in [3.8, 4) is 0 Å². The van der Waals surface area contributed by atoms with Crippen LogP contribution in [0, 0.1) is 5.92 Å². The van der Waals surface area contributed by atoms with Crippen LogP contribution in [-0.2, 0) is 6.54 Å². The van der Waals surface area contributed by atoms with Gasteiger partial charge in [-0.3, -0.25) is 0 Å². The maximum atomic E-state index is 3.46. The van der Waals surface area contributed by atoms with Crippen molar-refractivity contribution < 1.29 is 0 Å². The Kier molecular flexibility index (Phi) is 5.09. The molecule has 0 saturated carbocycles. The van der Waals surface area contributed by atoms with Gasteiger partial charge in [-0.05, 0) is 30.3 Å². The molecule has 1 rings (SSSR count). The van der Waals surface area contributed by atoms with E-state index in [1.54, 1.807) is 0 Å². The highest BCUT2D eigenvalue weighted by Gasteiger charge is 1.97. The average molecular weight is 197 g/mol. The van der Waals surface area contributed by atoms with Crippen LogP contribution in [0.15, 0.2) is 17.5 Å². The van der Waals surface area contributed by atoms with E-state index in [4.69, 9.17) is 0 Å². The summed E-state index contributed by atoms with van der Waals surface area (Å²) in [5.74, 6) is 0.857. The van der Waals surface area contributed by atoms with Gasteiger partial charge in [-0.15, -0.1) is 11.3 Å². The predicted molar refractivity (Wildman–Crippen MR) is 60.1 cm³/mol. The third-order valence-corrected chi connectivity index (χ3v) is 3.27. The molecule has 0 radical (unpaired) electrons. The van der Waals surface area contributed by atoms with Crippen molar-refractivity contribution in [3.05, 3.63) is 22.4 Å². The molecular formula is C11H19NS. The van der Waals surface area contributed by atoms with Crippen LogP contribution in [0.2, 0.25) is 0 Å². The Balaban J connectivity index is 2.02. The standard InChI is InChI=1S/C11H19NS/c1-3-10(2)6-7-12-9-11-5-4-8-13-11/h4-5,8,10,12H,3,6-7,9H2,1-2H3. The largest absolute Gasteiger partial charge is 0.312 e. The molecule has 1 heterocycles. The molecular weight excluding hydrogens is 178 g/mol. The van der Waals surface area contributed by atoms with E-state index in [2.05, 4.69) is 36.7 Å². The Morgan fingerprint density at radius 3 is 3.00 bits per heavy atom. The number of nitrogens with one attached hydrogen (secondary N) is 1. The molecule has 1 aromatic heterocycles. The molecule has 0 aliphatic heterocycles. The number of rotatable bonds is 6. The molecule has 1 atom stereocenters. The van der Waals surface area contributed by atoms with Gasteiger partial charge in [0.15, 0.2) is 0 Å². The summed E-state index contributed by atoms with van der Waals surface area (Å²) in [6.07, 6.45) is 2.59. The van der Waals surface area contributed by atoms with Gasteiger partial charge in [0.25, 0.3) is 0 Å². The fraction of sp³-hybridized carbons (Fsp3) is 0.636. The molecule has 1 N–H and O–H groups in total. The van der Waals surface area contributed by atoms with Crippen LogP contribution in [0.4, 0.5) is 0 Å². The minimum atomic E-state index is 0.857. The molecule has 0 aromatic carbocycles. The van der Waals surface area contributed by atoms with E-state index in [0.29, 0.717) is 0 Å². The van der Waals surface area contributed by atoms with Crippen molar-refractivity contribution in [2.75, 3.05) is 6.54 Å². The molecule has 1 nitrogen and oxygen atoms in total. The van der Waals surface area contributed by atoms with Crippen molar-refractivity contribution in [2.45, 2.75) is 33.2 Å². The molecule has 0 saturated heterocycles. The Bertz CT molecular complexity index is 206. The summed E-state index contributed by atoms with van der Waals surface area (Å²) in [5.41, 5.74) is 0. The summed E-state index contributed by atoms with van der Waals surface area (Å²) in [6, 6.07) is 4.29. The minimum absolute atomic E-state index is 0.857. The van der Waals surface area contributed by atoms with Crippen molar-refractivity contribution >= 4 is 11.3 Å². The van der Waals surface area contributed by atoms with E-state index < -0.39 is 0 Å². The number of hydrogen-bond donors (Lipinski definition) is 1. The second-order valence-electron chi connectivity index (χ2n) is 3.56. The van der Waals surface area contributed by atoms with Crippen molar-refractivity contribution in [3.63, 3.8) is 0 Å². The quantitative estimate of drug-likeness (QED) is 0.690. The third-order valence-electron chi connectivity index (χ3n) is 2.39. The van der Waals surface area contributed by atoms with Crippen molar-refractivity contribution in [1.29, 1.82) is 0 Å². The fourth-order valence-corrected chi connectivity index (χ4v) is 1.85. The van der Waals surface area contributed by atoms with Crippen LogP contribution in [0.25, 0.3) is 0 Å². The van der Waals surface area contributed by atoms with Crippen LogP contribution in [-0.4, -0.2) is 6.54 Å². The summed E-state index contributed by atoms with van der Waals surface area (Å²) in [5, 5.41) is 5.59. The zero-order valence-electron chi connectivity index (χ0n) is 8.55. The highest BCUT2D eigenvalue weighted by molar-refractivity contribution is 7.09. The summed E-state index contributed by atoms with van der Waals surface area (Å²) in [6.45, 7) is 6.75. The number of thiophene rings is 1. The van der Waals surface area contributed by atoms with Gasteiger partial charge in [-0.25, -0.2) is 0 Å². The fourth-order valence-electron chi connectivity index (χ4n) is 1.18. The first kappa shape index (κ1) is 10.7. The highest BCUT2D eigenvalue weighted by atomic mass is 32.1. The summed E-state index contributed by atoms with van der Waals surface area (Å²) in [7, 11) is 0. The molecule has 0 fully saturated rings. The second kappa shape index (κ2) is 6.17. The smallest absolute Gasteiger partial charge is 0.0299 e. The molecule has 74 valence electrons. The Morgan fingerprint density at radius 2 is 2.38 bits per heavy atom. The Labute approximate surface area is 85.2 Å². The molecule has 0 aliphatic carbocycles. The van der Waals surface area contributed by atoms with E-state index in [1.165, 1.54) is 17.7 Å². The normalized spacial score (nSPS) is 13.1. The van der Waals surface area contributed by atoms with Crippen LogP contribution < -0.4 is 5.32 Å². The number of hydrogen-bond acceptors (Lipinski definition) is 2. The zero-order chi connectivity index (χ0) is 9.52. The topological polar surface area (TPSA) is 12.0 Å². The van der Waals surface area contributed by atoms with E-state index in [1.807, 2.05) is 11.3 Å². The molecule has 0 spiro atoms. The molecule has 1 unspecified atom stereocenters. The molecule has 0 bridgehead atoms. The summed E-state index contributed by atoms with van der Waals surface area (Å²) >= 11 is 1.83. The Hall–Kier alpha value is -0.340. The molecule has 0 aliphatic rings. The van der Waals surface area contributed by atoms with Gasteiger partial charge in [0.05, 0.1) is 0 Å². The van der Waals surface area contributed by atoms with Gasteiger partial charge < -0.3 is 5.32 Å². The van der Waals surface area contributed by atoms with Gasteiger partial charge in [0.2, 0.25) is 0 Å². The summed E-state index contributed by atoms with van der Waals surface area (Å²) in [4.78, 5) is 1.43. The van der Waals surface area contributed by atoms with Gasteiger partial charge in [0.1, 0.15) is 0 Å².